The van der Waals surface area contributed by atoms with E-state index in [-0.39, 0.29) is 24.2 Å². The van der Waals surface area contributed by atoms with Crippen molar-refractivity contribution < 1.29 is 18.7 Å². The Balaban J connectivity index is 2.19. The lowest BCUT2D eigenvalue weighted by Gasteiger charge is -2.24. The number of nitrogens with zero attached hydrogens (tertiary/aromatic N) is 2. The Morgan fingerprint density at radius 1 is 1.39 bits per heavy atom. The van der Waals surface area contributed by atoms with Crippen molar-refractivity contribution >= 4 is 27.8 Å². The van der Waals surface area contributed by atoms with Crippen molar-refractivity contribution in [3.05, 3.63) is 52.7 Å². The molecule has 0 saturated heterocycles. The van der Waals surface area contributed by atoms with E-state index in [1.807, 2.05) is 6.07 Å². The van der Waals surface area contributed by atoms with Crippen molar-refractivity contribution in [3.8, 4) is 0 Å². The number of pyridine rings is 1. The summed E-state index contributed by atoms with van der Waals surface area (Å²) in [5.74, 6) is -0.901. The standard InChI is InChI=1S/C16H17BrN2O4/c1-11(16(21)22-2)9-19(10-12-4-3-7-18-8-12)15(20)13-5-6-14(17)23-13/h3-8,11H,9-10H2,1-2H3. The fourth-order valence-corrected chi connectivity index (χ4v) is 2.43. The number of esters is 1. The Bertz CT molecular complexity index is 672. The summed E-state index contributed by atoms with van der Waals surface area (Å²) in [4.78, 5) is 29.9. The average Bonchev–Trinajstić information content (AvgIpc) is 3.00. The van der Waals surface area contributed by atoms with Gasteiger partial charge in [0.25, 0.3) is 5.91 Å². The number of hydrogen-bond donors (Lipinski definition) is 0. The number of rotatable bonds is 6. The van der Waals surface area contributed by atoms with Gasteiger partial charge in [-0.25, -0.2) is 0 Å². The number of halogens is 1. The summed E-state index contributed by atoms with van der Waals surface area (Å²) in [7, 11) is 1.33. The highest BCUT2D eigenvalue weighted by Crippen LogP contribution is 2.18. The van der Waals surface area contributed by atoms with Crippen LogP contribution in [-0.4, -0.2) is 35.4 Å². The van der Waals surface area contributed by atoms with Gasteiger partial charge in [0.2, 0.25) is 0 Å². The maximum Gasteiger partial charge on any atom is 0.310 e. The summed E-state index contributed by atoms with van der Waals surface area (Å²) in [5.41, 5.74) is 0.864. The third-order valence-electron chi connectivity index (χ3n) is 3.27. The Labute approximate surface area is 142 Å². The largest absolute Gasteiger partial charge is 0.469 e. The van der Waals surface area contributed by atoms with Crippen LogP contribution in [0.25, 0.3) is 0 Å². The average molecular weight is 381 g/mol. The number of carbonyl (C=O) groups excluding carboxylic acids is 2. The van der Waals surface area contributed by atoms with Crippen molar-refractivity contribution in [1.29, 1.82) is 0 Å². The van der Waals surface area contributed by atoms with Crippen molar-refractivity contribution in [3.63, 3.8) is 0 Å². The second-order valence-corrected chi connectivity index (χ2v) is 5.86. The van der Waals surface area contributed by atoms with Gasteiger partial charge in [-0.05, 0) is 39.7 Å². The van der Waals surface area contributed by atoms with E-state index in [9.17, 15) is 9.59 Å². The third kappa shape index (κ3) is 4.66. The molecule has 7 heteroatoms. The molecule has 0 aliphatic heterocycles. The van der Waals surface area contributed by atoms with E-state index >= 15 is 0 Å². The number of furan rings is 1. The smallest absolute Gasteiger partial charge is 0.310 e. The van der Waals surface area contributed by atoms with E-state index in [2.05, 4.69) is 20.9 Å². The molecule has 2 aromatic rings. The van der Waals surface area contributed by atoms with Gasteiger partial charge in [-0.1, -0.05) is 13.0 Å². The van der Waals surface area contributed by atoms with Crippen LogP contribution in [0, 0.1) is 5.92 Å². The monoisotopic (exact) mass is 380 g/mol. The second-order valence-electron chi connectivity index (χ2n) is 5.07. The molecule has 6 nitrogen and oxygen atoms in total. The molecule has 0 saturated carbocycles. The molecule has 2 aromatic heterocycles. The minimum Gasteiger partial charge on any atom is -0.469 e. The van der Waals surface area contributed by atoms with Gasteiger partial charge in [-0.15, -0.1) is 0 Å². The van der Waals surface area contributed by atoms with Gasteiger partial charge < -0.3 is 14.1 Å². The molecule has 1 atom stereocenters. The molecule has 0 radical (unpaired) electrons. The van der Waals surface area contributed by atoms with Gasteiger partial charge in [0.1, 0.15) is 0 Å². The number of methoxy groups -OCH3 is 1. The highest BCUT2D eigenvalue weighted by Gasteiger charge is 2.24. The highest BCUT2D eigenvalue weighted by atomic mass is 79.9. The molecule has 1 amide bonds. The maximum atomic E-state index is 12.6. The van der Waals surface area contributed by atoms with Crippen molar-refractivity contribution in [2.24, 2.45) is 5.92 Å². The Morgan fingerprint density at radius 3 is 2.74 bits per heavy atom. The predicted molar refractivity (Wildman–Crippen MR) is 86.6 cm³/mol. The number of ether oxygens (including phenoxy) is 1. The number of aromatic nitrogens is 1. The topological polar surface area (TPSA) is 72.6 Å². The molecule has 0 aliphatic carbocycles. The first-order chi connectivity index (χ1) is 11.0. The highest BCUT2D eigenvalue weighted by molar-refractivity contribution is 9.10. The van der Waals surface area contributed by atoms with Crippen LogP contribution in [-0.2, 0) is 16.1 Å². The van der Waals surface area contributed by atoms with Gasteiger partial charge in [-0.2, -0.15) is 0 Å². The third-order valence-corrected chi connectivity index (χ3v) is 3.69. The Kier molecular flexibility index (Phi) is 5.92. The second kappa shape index (κ2) is 7.92. The quantitative estimate of drug-likeness (QED) is 0.720. The van der Waals surface area contributed by atoms with Gasteiger partial charge in [0, 0.05) is 25.5 Å². The molecule has 1 unspecified atom stereocenters. The van der Waals surface area contributed by atoms with E-state index in [0.29, 0.717) is 11.2 Å². The van der Waals surface area contributed by atoms with Crippen LogP contribution in [0.4, 0.5) is 0 Å². The lowest BCUT2D eigenvalue weighted by Crippen LogP contribution is -2.36. The molecule has 23 heavy (non-hydrogen) atoms. The minimum absolute atomic E-state index is 0.206. The first kappa shape index (κ1) is 17.2. The predicted octanol–water partition coefficient (Wildman–Crippen LogP) is 2.89. The fraction of sp³-hybridized carbons (Fsp3) is 0.312. The minimum atomic E-state index is -0.445. The van der Waals surface area contributed by atoms with E-state index in [1.54, 1.807) is 42.4 Å². The van der Waals surface area contributed by atoms with E-state index in [1.165, 1.54) is 7.11 Å². The molecule has 2 rings (SSSR count). The van der Waals surface area contributed by atoms with Crippen molar-refractivity contribution in [2.75, 3.05) is 13.7 Å². The summed E-state index contributed by atoms with van der Waals surface area (Å²) >= 11 is 3.18. The zero-order valence-corrected chi connectivity index (χ0v) is 14.4. The van der Waals surface area contributed by atoms with Gasteiger partial charge >= 0.3 is 5.97 Å². The molecule has 122 valence electrons. The molecular weight excluding hydrogens is 364 g/mol. The Morgan fingerprint density at radius 2 is 2.17 bits per heavy atom. The molecule has 0 fully saturated rings. The van der Waals surface area contributed by atoms with E-state index in [4.69, 9.17) is 9.15 Å². The summed E-state index contributed by atoms with van der Waals surface area (Å²) in [6, 6.07) is 6.91. The number of amides is 1. The zero-order valence-electron chi connectivity index (χ0n) is 12.9. The van der Waals surface area contributed by atoms with Crippen LogP contribution in [0.5, 0.6) is 0 Å². The lowest BCUT2D eigenvalue weighted by molar-refractivity contribution is -0.145. The molecule has 0 bridgehead atoms. The van der Waals surface area contributed by atoms with Gasteiger partial charge in [0.05, 0.1) is 13.0 Å². The van der Waals surface area contributed by atoms with E-state index in [0.717, 1.165) is 5.56 Å². The van der Waals surface area contributed by atoms with Crippen LogP contribution in [0.2, 0.25) is 0 Å². The van der Waals surface area contributed by atoms with Crippen molar-refractivity contribution in [1.82, 2.24) is 9.88 Å². The number of carbonyl (C=O) groups is 2. The van der Waals surface area contributed by atoms with Crippen LogP contribution >= 0.6 is 15.9 Å². The van der Waals surface area contributed by atoms with Crippen LogP contribution in [0.3, 0.4) is 0 Å². The van der Waals surface area contributed by atoms with Gasteiger partial charge in [0.15, 0.2) is 10.4 Å². The molecule has 2 heterocycles. The van der Waals surface area contributed by atoms with Crippen molar-refractivity contribution in [2.45, 2.75) is 13.5 Å². The summed E-state index contributed by atoms with van der Waals surface area (Å²) < 4.78 is 10.5. The normalized spacial score (nSPS) is 11.8. The summed E-state index contributed by atoms with van der Waals surface area (Å²) in [6.45, 7) is 2.26. The number of hydrogen-bond acceptors (Lipinski definition) is 5. The molecule has 0 aliphatic rings. The first-order valence-corrected chi connectivity index (χ1v) is 7.82. The van der Waals surface area contributed by atoms with Crippen LogP contribution in [0.1, 0.15) is 23.0 Å². The Hall–Kier alpha value is -2.15. The molecule has 0 N–H and O–H groups in total. The summed E-state index contributed by atoms with van der Waals surface area (Å²) in [5, 5.41) is 0. The van der Waals surface area contributed by atoms with Crippen LogP contribution in [0.15, 0.2) is 45.7 Å². The van der Waals surface area contributed by atoms with Gasteiger partial charge in [-0.3, -0.25) is 14.6 Å². The lowest BCUT2D eigenvalue weighted by atomic mass is 10.1. The molecule has 0 spiro atoms. The SMILES string of the molecule is COC(=O)C(C)CN(Cc1cccnc1)C(=O)c1ccc(Br)o1. The summed E-state index contributed by atoms with van der Waals surface area (Å²) in [6.07, 6.45) is 3.34. The zero-order chi connectivity index (χ0) is 16.8. The first-order valence-electron chi connectivity index (χ1n) is 7.02. The van der Waals surface area contributed by atoms with Crippen LogP contribution < -0.4 is 0 Å². The fourth-order valence-electron chi connectivity index (χ4n) is 2.12. The molecular formula is C16H17BrN2O4. The maximum absolute atomic E-state index is 12.6. The van der Waals surface area contributed by atoms with E-state index < -0.39 is 5.92 Å². The molecule has 0 aromatic carbocycles.